The summed E-state index contributed by atoms with van der Waals surface area (Å²) >= 11 is 0. The van der Waals surface area contributed by atoms with Gasteiger partial charge in [-0.2, -0.15) is 4.31 Å². The summed E-state index contributed by atoms with van der Waals surface area (Å²) in [5.41, 5.74) is 0.847. The predicted octanol–water partition coefficient (Wildman–Crippen LogP) is 2.69. The SMILES string of the molecule is CCN(Cc1ccc(OC)cc1)S(=O)(=O)c1ccccc1C(=O)OC. The molecule has 2 aromatic rings. The van der Waals surface area contributed by atoms with Gasteiger partial charge in [0.25, 0.3) is 0 Å². The highest BCUT2D eigenvalue weighted by Gasteiger charge is 2.28. The zero-order chi connectivity index (χ0) is 18.4. The molecule has 0 aliphatic heterocycles. The normalized spacial score (nSPS) is 11.4. The van der Waals surface area contributed by atoms with Crippen molar-refractivity contribution in [3.8, 4) is 5.75 Å². The van der Waals surface area contributed by atoms with Crippen molar-refractivity contribution in [2.24, 2.45) is 0 Å². The minimum absolute atomic E-state index is 0.0261. The van der Waals surface area contributed by atoms with Crippen LogP contribution in [0.5, 0.6) is 5.75 Å². The third kappa shape index (κ3) is 4.18. The van der Waals surface area contributed by atoms with Gasteiger partial charge in [-0.25, -0.2) is 13.2 Å². The summed E-state index contributed by atoms with van der Waals surface area (Å²) < 4.78 is 37.2. The fourth-order valence-electron chi connectivity index (χ4n) is 2.41. The second kappa shape index (κ2) is 8.13. The molecule has 0 spiro atoms. The van der Waals surface area contributed by atoms with Crippen LogP contribution in [0.1, 0.15) is 22.8 Å². The number of hydrogen-bond acceptors (Lipinski definition) is 5. The first-order chi connectivity index (χ1) is 11.9. The van der Waals surface area contributed by atoms with Crippen molar-refractivity contribution in [3.63, 3.8) is 0 Å². The number of rotatable bonds is 7. The molecule has 0 atom stereocenters. The first kappa shape index (κ1) is 19.0. The molecule has 7 heteroatoms. The lowest BCUT2D eigenvalue weighted by molar-refractivity contribution is 0.0596. The fourth-order valence-corrected chi connectivity index (χ4v) is 4.03. The monoisotopic (exact) mass is 363 g/mol. The Labute approximate surface area is 148 Å². The van der Waals surface area contributed by atoms with Gasteiger partial charge in [0.1, 0.15) is 5.75 Å². The lowest BCUT2D eigenvalue weighted by atomic mass is 10.2. The maximum Gasteiger partial charge on any atom is 0.339 e. The van der Waals surface area contributed by atoms with Crippen molar-refractivity contribution >= 4 is 16.0 Å². The summed E-state index contributed by atoms with van der Waals surface area (Å²) in [6.45, 7) is 2.21. The van der Waals surface area contributed by atoms with Gasteiger partial charge in [0.05, 0.1) is 24.7 Å². The molecule has 6 nitrogen and oxygen atoms in total. The quantitative estimate of drug-likeness (QED) is 0.707. The predicted molar refractivity (Wildman–Crippen MR) is 94.0 cm³/mol. The molecule has 2 rings (SSSR count). The molecule has 0 fully saturated rings. The summed E-state index contributed by atoms with van der Waals surface area (Å²) in [4.78, 5) is 11.8. The summed E-state index contributed by atoms with van der Waals surface area (Å²) in [7, 11) is -1.06. The minimum Gasteiger partial charge on any atom is -0.497 e. The number of esters is 1. The number of carbonyl (C=O) groups excluding carboxylic acids is 1. The third-order valence-corrected chi connectivity index (χ3v) is 5.76. The molecule has 0 saturated carbocycles. The molecule has 0 N–H and O–H groups in total. The Kier molecular flexibility index (Phi) is 6.17. The fraction of sp³-hybridized carbons (Fsp3) is 0.278. The van der Waals surface area contributed by atoms with Gasteiger partial charge in [0, 0.05) is 13.1 Å². The molecule has 0 aliphatic carbocycles. The number of benzene rings is 2. The lowest BCUT2D eigenvalue weighted by Crippen LogP contribution is -2.31. The van der Waals surface area contributed by atoms with E-state index < -0.39 is 16.0 Å². The molecule has 0 unspecified atom stereocenters. The second-order valence-corrected chi connectivity index (χ2v) is 7.17. The molecule has 0 saturated heterocycles. The molecule has 2 aromatic carbocycles. The number of carbonyl (C=O) groups is 1. The van der Waals surface area contributed by atoms with Gasteiger partial charge in [-0.05, 0) is 29.8 Å². The highest BCUT2D eigenvalue weighted by Crippen LogP contribution is 2.23. The van der Waals surface area contributed by atoms with Gasteiger partial charge in [-0.1, -0.05) is 31.2 Å². The van der Waals surface area contributed by atoms with E-state index in [4.69, 9.17) is 9.47 Å². The smallest absolute Gasteiger partial charge is 0.339 e. The van der Waals surface area contributed by atoms with Crippen molar-refractivity contribution in [1.29, 1.82) is 0 Å². The van der Waals surface area contributed by atoms with Crippen LogP contribution in [-0.2, 0) is 21.3 Å². The number of sulfonamides is 1. The first-order valence-corrected chi connectivity index (χ1v) is 9.18. The van der Waals surface area contributed by atoms with Gasteiger partial charge in [0.15, 0.2) is 0 Å². The molecule has 25 heavy (non-hydrogen) atoms. The molecule has 0 heterocycles. The van der Waals surface area contributed by atoms with E-state index in [-0.39, 0.29) is 23.5 Å². The van der Waals surface area contributed by atoms with Gasteiger partial charge >= 0.3 is 5.97 Å². The molecule has 0 amide bonds. The average molecular weight is 363 g/mol. The summed E-state index contributed by atoms with van der Waals surface area (Å²) in [6, 6.07) is 13.2. The Morgan fingerprint density at radius 2 is 1.68 bits per heavy atom. The largest absolute Gasteiger partial charge is 0.497 e. The van der Waals surface area contributed by atoms with Crippen LogP contribution in [0.3, 0.4) is 0 Å². The van der Waals surface area contributed by atoms with E-state index in [9.17, 15) is 13.2 Å². The number of hydrogen-bond donors (Lipinski definition) is 0. The molecule has 134 valence electrons. The Morgan fingerprint density at radius 1 is 1.04 bits per heavy atom. The molecular formula is C18H21NO5S. The van der Waals surface area contributed by atoms with Crippen molar-refractivity contribution in [1.82, 2.24) is 4.31 Å². The molecule has 0 bridgehead atoms. The van der Waals surface area contributed by atoms with Crippen molar-refractivity contribution in [3.05, 3.63) is 59.7 Å². The van der Waals surface area contributed by atoms with E-state index in [1.165, 1.54) is 23.5 Å². The molecular weight excluding hydrogens is 342 g/mol. The average Bonchev–Trinajstić information content (AvgIpc) is 2.65. The zero-order valence-electron chi connectivity index (χ0n) is 14.4. The first-order valence-electron chi connectivity index (χ1n) is 7.74. The third-order valence-electron chi connectivity index (χ3n) is 3.78. The van der Waals surface area contributed by atoms with E-state index in [0.29, 0.717) is 5.75 Å². The maximum atomic E-state index is 13.0. The van der Waals surface area contributed by atoms with Crippen LogP contribution in [0.15, 0.2) is 53.4 Å². The summed E-state index contributed by atoms with van der Waals surface area (Å²) in [5.74, 6) is 0.0189. The Bertz CT molecular complexity index is 831. The van der Waals surface area contributed by atoms with Crippen LogP contribution >= 0.6 is 0 Å². The highest BCUT2D eigenvalue weighted by molar-refractivity contribution is 7.89. The van der Waals surface area contributed by atoms with Crippen molar-refractivity contribution in [2.75, 3.05) is 20.8 Å². The molecule has 0 aromatic heterocycles. The van der Waals surface area contributed by atoms with Crippen LogP contribution in [0.2, 0.25) is 0 Å². The van der Waals surface area contributed by atoms with Crippen LogP contribution in [0.25, 0.3) is 0 Å². The summed E-state index contributed by atoms with van der Waals surface area (Å²) in [6.07, 6.45) is 0. The topological polar surface area (TPSA) is 72.9 Å². The minimum atomic E-state index is -3.85. The number of methoxy groups -OCH3 is 2. The van der Waals surface area contributed by atoms with E-state index >= 15 is 0 Å². The molecule has 0 radical (unpaired) electrons. The Balaban J connectivity index is 2.37. The highest BCUT2D eigenvalue weighted by atomic mass is 32.2. The lowest BCUT2D eigenvalue weighted by Gasteiger charge is -2.22. The van der Waals surface area contributed by atoms with Gasteiger partial charge in [-0.15, -0.1) is 0 Å². The Morgan fingerprint density at radius 3 is 2.24 bits per heavy atom. The van der Waals surface area contributed by atoms with E-state index in [1.807, 2.05) is 12.1 Å². The summed E-state index contributed by atoms with van der Waals surface area (Å²) in [5, 5.41) is 0. The number of nitrogens with zero attached hydrogens (tertiary/aromatic N) is 1. The van der Waals surface area contributed by atoms with Crippen LogP contribution in [0.4, 0.5) is 0 Å². The molecule has 0 aliphatic rings. The van der Waals surface area contributed by atoms with Crippen LogP contribution in [-0.4, -0.2) is 39.5 Å². The Hall–Kier alpha value is -2.38. The van der Waals surface area contributed by atoms with Crippen molar-refractivity contribution in [2.45, 2.75) is 18.4 Å². The van der Waals surface area contributed by atoms with E-state index in [1.54, 1.807) is 38.3 Å². The van der Waals surface area contributed by atoms with Gasteiger partial charge in [-0.3, -0.25) is 0 Å². The number of ether oxygens (including phenoxy) is 2. The van der Waals surface area contributed by atoms with Gasteiger partial charge < -0.3 is 9.47 Å². The van der Waals surface area contributed by atoms with E-state index in [0.717, 1.165) is 5.56 Å². The second-order valence-electron chi connectivity index (χ2n) is 5.27. The standard InChI is InChI=1S/C18H21NO5S/c1-4-19(13-14-9-11-15(23-2)12-10-14)25(21,22)17-8-6-5-7-16(17)18(20)24-3/h5-12H,4,13H2,1-3H3. The zero-order valence-corrected chi connectivity index (χ0v) is 15.2. The van der Waals surface area contributed by atoms with Crippen molar-refractivity contribution < 1.29 is 22.7 Å². The van der Waals surface area contributed by atoms with Crippen LogP contribution < -0.4 is 4.74 Å². The van der Waals surface area contributed by atoms with E-state index in [2.05, 4.69) is 0 Å². The maximum absolute atomic E-state index is 13.0. The van der Waals surface area contributed by atoms with Crippen LogP contribution in [0, 0.1) is 0 Å². The van der Waals surface area contributed by atoms with Gasteiger partial charge in [0.2, 0.25) is 10.0 Å².